The van der Waals surface area contributed by atoms with Crippen LogP contribution in [0.15, 0.2) is 64.7 Å². The van der Waals surface area contributed by atoms with E-state index in [0.29, 0.717) is 5.70 Å². The Morgan fingerprint density at radius 2 is 1.94 bits per heavy atom. The molecular formula is C11H13N5. The lowest BCUT2D eigenvalue weighted by molar-refractivity contribution is 0.304. The molecule has 0 radical (unpaired) electrons. The molecule has 4 N–H and O–H groups in total. The topological polar surface area (TPSA) is 80.0 Å². The van der Waals surface area contributed by atoms with E-state index in [9.17, 15) is 0 Å². The van der Waals surface area contributed by atoms with Crippen LogP contribution in [-0.4, -0.2) is 11.2 Å². The normalized spacial score (nSPS) is 20.2. The molecule has 0 aromatic heterocycles. The first-order valence-electron chi connectivity index (χ1n) is 4.92. The molecule has 0 fully saturated rings. The summed E-state index contributed by atoms with van der Waals surface area (Å²) in [6.45, 7) is 0. The molecule has 0 spiro atoms. The van der Waals surface area contributed by atoms with Crippen molar-refractivity contribution < 1.29 is 0 Å². The minimum absolute atomic E-state index is 0.447. The number of nitrogens with two attached hydrogens (primary N) is 2. The van der Waals surface area contributed by atoms with E-state index in [2.05, 4.69) is 10.3 Å². The van der Waals surface area contributed by atoms with Crippen molar-refractivity contribution in [2.24, 2.45) is 21.8 Å². The Labute approximate surface area is 93.7 Å². The van der Waals surface area contributed by atoms with Gasteiger partial charge in [0, 0.05) is 11.9 Å². The van der Waals surface area contributed by atoms with E-state index in [1.54, 1.807) is 18.4 Å². The highest BCUT2D eigenvalue weighted by Gasteiger charge is 2.14. The largest absolute Gasteiger partial charge is 0.399 e. The Morgan fingerprint density at radius 1 is 1.19 bits per heavy atom. The van der Waals surface area contributed by atoms with Crippen LogP contribution in [0.2, 0.25) is 0 Å². The van der Waals surface area contributed by atoms with E-state index < -0.39 is 6.17 Å². The lowest BCUT2D eigenvalue weighted by atomic mass is 10.3. The van der Waals surface area contributed by atoms with Gasteiger partial charge >= 0.3 is 0 Å². The van der Waals surface area contributed by atoms with Gasteiger partial charge in [-0.15, -0.1) is 5.11 Å². The molecule has 82 valence electrons. The first-order chi connectivity index (χ1) is 7.77. The van der Waals surface area contributed by atoms with Crippen molar-refractivity contribution in [3.8, 4) is 0 Å². The Balaban J connectivity index is 2.09. The first-order valence-corrected chi connectivity index (χ1v) is 4.92. The molecule has 1 aromatic carbocycles. The molecule has 1 aliphatic heterocycles. The summed E-state index contributed by atoms with van der Waals surface area (Å²) in [4.78, 5) is 0. The predicted molar refractivity (Wildman–Crippen MR) is 62.2 cm³/mol. The fourth-order valence-corrected chi connectivity index (χ4v) is 1.27. The molecule has 1 aliphatic rings. The van der Waals surface area contributed by atoms with Gasteiger partial charge in [-0.05, 0) is 24.3 Å². The fraction of sp³-hybridized carbons (Fsp3) is 0.0909. The van der Waals surface area contributed by atoms with Crippen molar-refractivity contribution in [1.82, 2.24) is 5.01 Å². The minimum atomic E-state index is -0.447. The average molecular weight is 215 g/mol. The molecule has 1 unspecified atom stereocenters. The maximum atomic E-state index is 5.81. The van der Waals surface area contributed by atoms with Gasteiger partial charge in [0.25, 0.3) is 0 Å². The third-order valence-electron chi connectivity index (χ3n) is 2.17. The van der Waals surface area contributed by atoms with E-state index in [4.69, 9.17) is 11.5 Å². The zero-order chi connectivity index (χ0) is 11.4. The molecule has 0 aliphatic carbocycles. The van der Waals surface area contributed by atoms with E-state index in [1.165, 1.54) is 5.01 Å². The van der Waals surface area contributed by atoms with Crippen LogP contribution >= 0.6 is 0 Å². The molecule has 0 amide bonds. The summed E-state index contributed by atoms with van der Waals surface area (Å²) in [6, 6.07) is 9.44. The monoisotopic (exact) mass is 215 g/mol. The summed E-state index contributed by atoms with van der Waals surface area (Å²) in [6.07, 6.45) is 4.81. The fourth-order valence-electron chi connectivity index (χ4n) is 1.27. The van der Waals surface area contributed by atoms with Crippen LogP contribution in [0, 0.1) is 0 Å². The maximum Gasteiger partial charge on any atom is 0.140 e. The van der Waals surface area contributed by atoms with Gasteiger partial charge in [0.2, 0.25) is 0 Å². The van der Waals surface area contributed by atoms with Gasteiger partial charge in [0.05, 0.1) is 5.69 Å². The molecule has 2 rings (SSSR count). The molecule has 5 heteroatoms. The lowest BCUT2D eigenvalue weighted by Crippen LogP contribution is -2.40. The van der Waals surface area contributed by atoms with E-state index in [0.717, 1.165) is 5.69 Å². The van der Waals surface area contributed by atoms with Crippen LogP contribution in [0.4, 0.5) is 5.69 Å². The molecule has 1 heterocycles. The highest BCUT2D eigenvalue weighted by molar-refractivity contribution is 5.34. The van der Waals surface area contributed by atoms with Gasteiger partial charge in [0.1, 0.15) is 6.17 Å². The summed E-state index contributed by atoms with van der Waals surface area (Å²) in [7, 11) is 0. The van der Waals surface area contributed by atoms with Gasteiger partial charge in [-0.2, -0.15) is 0 Å². The smallest absolute Gasteiger partial charge is 0.140 e. The minimum Gasteiger partial charge on any atom is -0.399 e. The van der Waals surface area contributed by atoms with Crippen molar-refractivity contribution in [2.45, 2.75) is 6.17 Å². The molecule has 0 saturated carbocycles. The van der Waals surface area contributed by atoms with Crippen LogP contribution in [0.5, 0.6) is 0 Å². The third-order valence-corrected chi connectivity index (χ3v) is 2.17. The summed E-state index contributed by atoms with van der Waals surface area (Å²) >= 11 is 0. The number of benzene rings is 1. The van der Waals surface area contributed by atoms with Gasteiger partial charge in [-0.1, -0.05) is 23.4 Å². The van der Waals surface area contributed by atoms with Crippen molar-refractivity contribution in [3.05, 3.63) is 54.4 Å². The van der Waals surface area contributed by atoms with E-state index in [1.807, 2.05) is 30.3 Å². The standard InChI is InChI=1S/C11H13N5/c12-10-7-4-8-16(11(10)13)15-14-9-5-2-1-3-6-9/h1-8,11H,12-13H2. The van der Waals surface area contributed by atoms with Crippen molar-refractivity contribution in [3.63, 3.8) is 0 Å². The summed E-state index contributed by atoms with van der Waals surface area (Å²) in [5.74, 6) is 0. The first kappa shape index (κ1) is 10.4. The Bertz CT molecular complexity index is 435. The molecule has 1 aromatic rings. The van der Waals surface area contributed by atoms with Crippen molar-refractivity contribution in [1.29, 1.82) is 0 Å². The molecule has 0 saturated heterocycles. The van der Waals surface area contributed by atoms with E-state index >= 15 is 0 Å². The Kier molecular flexibility index (Phi) is 2.98. The number of rotatable bonds is 2. The molecule has 16 heavy (non-hydrogen) atoms. The summed E-state index contributed by atoms with van der Waals surface area (Å²) in [5, 5.41) is 9.58. The highest BCUT2D eigenvalue weighted by Crippen LogP contribution is 2.14. The van der Waals surface area contributed by atoms with Crippen molar-refractivity contribution >= 4 is 5.69 Å². The van der Waals surface area contributed by atoms with Crippen molar-refractivity contribution in [2.75, 3.05) is 0 Å². The molecule has 5 nitrogen and oxygen atoms in total. The second kappa shape index (κ2) is 4.59. The van der Waals surface area contributed by atoms with Crippen LogP contribution in [0.25, 0.3) is 0 Å². The van der Waals surface area contributed by atoms with Crippen LogP contribution in [0.3, 0.4) is 0 Å². The number of allylic oxidation sites excluding steroid dienone is 2. The number of nitrogens with zero attached hydrogens (tertiary/aromatic N) is 3. The zero-order valence-corrected chi connectivity index (χ0v) is 8.69. The van der Waals surface area contributed by atoms with Crippen LogP contribution in [0.1, 0.15) is 0 Å². The molecule has 0 bridgehead atoms. The lowest BCUT2D eigenvalue weighted by Gasteiger charge is -2.23. The Morgan fingerprint density at radius 3 is 2.69 bits per heavy atom. The third kappa shape index (κ3) is 2.26. The van der Waals surface area contributed by atoms with Gasteiger partial charge in [0.15, 0.2) is 0 Å². The molecular weight excluding hydrogens is 202 g/mol. The second-order valence-corrected chi connectivity index (χ2v) is 3.36. The Hall–Kier alpha value is -2.14. The van der Waals surface area contributed by atoms with Crippen LogP contribution < -0.4 is 11.5 Å². The highest BCUT2D eigenvalue weighted by atomic mass is 15.6. The van der Waals surface area contributed by atoms with Gasteiger partial charge in [-0.3, -0.25) is 0 Å². The second-order valence-electron chi connectivity index (χ2n) is 3.36. The van der Waals surface area contributed by atoms with Crippen LogP contribution in [-0.2, 0) is 0 Å². The van der Waals surface area contributed by atoms with Gasteiger partial charge in [-0.25, -0.2) is 5.01 Å². The summed E-state index contributed by atoms with van der Waals surface area (Å²) < 4.78 is 0. The number of hydrogen-bond acceptors (Lipinski definition) is 4. The maximum absolute atomic E-state index is 5.81. The molecule has 1 atom stereocenters. The SMILES string of the molecule is NC1=CC=CN(N=Nc2ccccc2)C1N. The van der Waals surface area contributed by atoms with E-state index in [-0.39, 0.29) is 0 Å². The quantitative estimate of drug-likeness (QED) is 0.736. The average Bonchev–Trinajstić information content (AvgIpc) is 2.32. The van der Waals surface area contributed by atoms with Gasteiger partial charge < -0.3 is 11.5 Å². The zero-order valence-electron chi connectivity index (χ0n) is 8.69. The summed E-state index contributed by atoms with van der Waals surface area (Å²) in [5.41, 5.74) is 12.8. The predicted octanol–water partition coefficient (Wildman–Crippen LogP) is 1.64. The number of hydrogen-bond donors (Lipinski definition) is 2.